The first kappa shape index (κ1) is 14.2. The van der Waals surface area contributed by atoms with Crippen molar-refractivity contribution in [2.24, 2.45) is 0 Å². The van der Waals surface area contributed by atoms with E-state index >= 15 is 0 Å². The van der Waals surface area contributed by atoms with Crippen molar-refractivity contribution in [3.63, 3.8) is 0 Å². The molecule has 15 heavy (non-hydrogen) atoms. The van der Waals surface area contributed by atoms with E-state index in [9.17, 15) is 4.79 Å². The Balaban J connectivity index is 3.81. The van der Waals surface area contributed by atoms with Crippen molar-refractivity contribution >= 4 is 6.09 Å². The Morgan fingerprint density at radius 1 is 1.07 bits per heavy atom. The smallest absolute Gasteiger partial charge is 0.433 e. The van der Waals surface area contributed by atoms with E-state index in [1.807, 2.05) is 13.8 Å². The Kier molecular flexibility index (Phi) is 9.27. The highest BCUT2D eigenvalue weighted by atomic mass is 16.7. The second-order valence-corrected chi connectivity index (χ2v) is 3.40. The maximum absolute atomic E-state index is 11.5. The van der Waals surface area contributed by atoms with Crippen LogP contribution in [0.5, 0.6) is 0 Å². The summed E-state index contributed by atoms with van der Waals surface area (Å²) in [6.07, 6.45) is 3.32. The van der Waals surface area contributed by atoms with Gasteiger partial charge in [-0.3, -0.25) is 4.84 Å². The second-order valence-electron chi connectivity index (χ2n) is 3.40. The fourth-order valence-electron chi connectivity index (χ4n) is 0.989. The molecule has 90 valence electrons. The van der Waals surface area contributed by atoms with Gasteiger partial charge in [-0.15, -0.1) is 0 Å². The topological polar surface area (TPSA) is 38.8 Å². The third-order valence-electron chi connectivity index (χ3n) is 1.81. The second kappa shape index (κ2) is 9.77. The number of carbonyl (C=O) groups excluding carboxylic acids is 1. The summed E-state index contributed by atoms with van der Waals surface area (Å²) < 4.78 is 5.06. The summed E-state index contributed by atoms with van der Waals surface area (Å²) in [5, 5.41) is 1.32. The molecule has 0 spiro atoms. The number of amides is 1. The average molecular weight is 217 g/mol. The van der Waals surface area contributed by atoms with Crippen LogP contribution in [0.4, 0.5) is 4.79 Å². The molecule has 0 fully saturated rings. The van der Waals surface area contributed by atoms with Crippen LogP contribution in [-0.4, -0.2) is 30.9 Å². The van der Waals surface area contributed by atoms with E-state index in [0.717, 1.165) is 25.7 Å². The molecule has 0 aromatic rings. The van der Waals surface area contributed by atoms with Crippen LogP contribution < -0.4 is 0 Å². The normalized spacial score (nSPS) is 10.1. The van der Waals surface area contributed by atoms with Gasteiger partial charge >= 0.3 is 6.09 Å². The molecule has 0 N–H and O–H groups in total. The van der Waals surface area contributed by atoms with Gasteiger partial charge in [0.15, 0.2) is 0 Å². The number of rotatable bonds is 8. The molecule has 0 unspecified atom stereocenters. The average Bonchev–Trinajstić information content (AvgIpc) is 2.24. The first-order chi connectivity index (χ1) is 7.26. The Morgan fingerprint density at radius 2 is 1.80 bits per heavy atom. The Hall–Kier alpha value is -0.770. The van der Waals surface area contributed by atoms with Gasteiger partial charge in [-0.2, -0.15) is 5.06 Å². The van der Waals surface area contributed by atoms with E-state index in [0.29, 0.717) is 19.8 Å². The lowest BCUT2D eigenvalue weighted by molar-refractivity contribution is -0.136. The minimum Gasteiger partial charge on any atom is -0.448 e. The van der Waals surface area contributed by atoms with Crippen LogP contribution in [0.3, 0.4) is 0 Å². The van der Waals surface area contributed by atoms with Crippen LogP contribution in [0.1, 0.15) is 46.5 Å². The molecule has 0 radical (unpaired) electrons. The van der Waals surface area contributed by atoms with Crippen molar-refractivity contribution < 1.29 is 14.4 Å². The maximum Gasteiger partial charge on any atom is 0.433 e. The van der Waals surface area contributed by atoms with Crippen LogP contribution in [0.15, 0.2) is 0 Å². The number of carbonyl (C=O) groups is 1. The van der Waals surface area contributed by atoms with Gasteiger partial charge in [0.1, 0.15) is 0 Å². The minimum atomic E-state index is -0.362. The van der Waals surface area contributed by atoms with Gasteiger partial charge in [-0.05, 0) is 19.3 Å². The molecule has 0 atom stereocenters. The first-order valence-electron chi connectivity index (χ1n) is 5.83. The highest BCUT2D eigenvalue weighted by molar-refractivity contribution is 5.66. The molecule has 0 aliphatic heterocycles. The summed E-state index contributed by atoms with van der Waals surface area (Å²) >= 11 is 0. The molecule has 0 aromatic carbocycles. The van der Waals surface area contributed by atoms with Gasteiger partial charge < -0.3 is 4.74 Å². The van der Waals surface area contributed by atoms with Crippen molar-refractivity contribution in [2.45, 2.75) is 46.5 Å². The molecule has 1 amide bonds. The SMILES string of the molecule is CCCCOC(=O)N(CCC)OCCC. The van der Waals surface area contributed by atoms with Crippen LogP contribution >= 0.6 is 0 Å². The van der Waals surface area contributed by atoms with Crippen molar-refractivity contribution in [2.75, 3.05) is 19.8 Å². The third-order valence-corrected chi connectivity index (χ3v) is 1.81. The van der Waals surface area contributed by atoms with Crippen LogP contribution in [0.25, 0.3) is 0 Å². The van der Waals surface area contributed by atoms with Crippen LogP contribution in [0, 0.1) is 0 Å². The fourth-order valence-corrected chi connectivity index (χ4v) is 0.989. The van der Waals surface area contributed by atoms with Gasteiger partial charge in [0.2, 0.25) is 0 Å². The van der Waals surface area contributed by atoms with Crippen molar-refractivity contribution in [3.8, 4) is 0 Å². The van der Waals surface area contributed by atoms with Gasteiger partial charge in [0.05, 0.1) is 19.8 Å². The molecule has 0 bridgehead atoms. The zero-order valence-corrected chi connectivity index (χ0v) is 10.1. The summed E-state index contributed by atoms with van der Waals surface area (Å²) in [5.41, 5.74) is 0. The Bertz CT molecular complexity index is 162. The maximum atomic E-state index is 11.5. The molecule has 0 aliphatic rings. The first-order valence-corrected chi connectivity index (χ1v) is 5.83. The highest BCUT2D eigenvalue weighted by Gasteiger charge is 2.13. The molecule has 0 rings (SSSR count). The van der Waals surface area contributed by atoms with E-state index in [1.165, 1.54) is 5.06 Å². The number of ether oxygens (including phenoxy) is 1. The molecule has 0 saturated carbocycles. The molecule has 0 saturated heterocycles. The lowest BCUT2D eigenvalue weighted by Gasteiger charge is -2.20. The van der Waals surface area contributed by atoms with Crippen molar-refractivity contribution in [1.82, 2.24) is 5.06 Å². The molecule has 0 aliphatic carbocycles. The van der Waals surface area contributed by atoms with Crippen molar-refractivity contribution in [1.29, 1.82) is 0 Å². The minimum absolute atomic E-state index is 0.362. The standard InChI is InChI=1S/C11H23NO3/c1-4-7-10-14-11(13)12(8-5-2)15-9-6-3/h4-10H2,1-3H3. The number of hydroxylamine groups is 2. The summed E-state index contributed by atoms with van der Waals surface area (Å²) in [6, 6.07) is 0. The summed E-state index contributed by atoms with van der Waals surface area (Å²) in [7, 11) is 0. The number of nitrogens with zero attached hydrogens (tertiary/aromatic N) is 1. The molecule has 4 heteroatoms. The van der Waals surface area contributed by atoms with E-state index in [-0.39, 0.29) is 6.09 Å². The highest BCUT2D eigenvalue weighted by Crippen LogP contribution is 2.00. The van der Waals surface area contributed by atoms with Gasteiger partial charge in [-0.25, -0.2) is 4.79 Å². The summed E-state index contributed by atoms with van der Waals surface area (Å²) in [6.45, 7) is 7.69. The zero-order chi connectivity index (χ0) is 11.5. The van der Waals surface area contributed by atoms with Crippen molar-refractivity contribution in [3.05, 3.63) is 0 Å². The predicted molar refractivity (Wildman–Crippen MR) is 59.5 cm³/mol. The van der Waals surface area contributed by atoms with E-state index in [4.69, 9.17) is 9.57 Å². The zero-order valence-electron chi connectivity index (χ0n) is 10.1. The number of hydrogen-bond donors (Lipinski definition) is 0. The predicted octanol–water partition coefficient (Wildman–Crippen LogP) is 2.98. The van der Waals surface area contributed by atoms with Crippen LogP contribution in [-0.2, 0) is 9.57 Å². The monoisotopic (exact) mass is 217 g/mol. The van der Waals surface area contributed by atoms with Gasteiger partial charge in [0, 0.05) is 0 Å². The quantitative estimate of drug-likeness (QED) is 0.463. The van der Waals surface area contributed by atoms with E-state index < -0.39 is 0 Å². The Morgan fingerprint density at radius 3 is 2.33 bits per heavy atom. The Labute approximate surface area is 92.5 Å². The fraction of sp³-hybridized carbons (Fsp3) is 0.909. The largest absolute Gasteiger partial charge is 0.448 e. The van der Waals surface area contributed by atoms with Gasteiger partial charge in [0.25, 0.3) is 0 Å². The van der Waals surface area contributed by atoms with Gasteiger partial charge in [-0.1, -0.05) is 27.2 Å². The molecular formula is C11H23NO3. The van der Waals surface area contributed by atoms with E-state index in [2.05, 4.69) is 6.92 Å². The molecule has 0 aromatic heterocycles. The number of unbranched alkanes of at least 4 members (excludes halogenated alkanes) is 1. The lowest BCUT2D eigenvalue weighted by Crippen LogP contribution is -2.33. The lowest BCUT2D eigenvalue weighted by atomic mass is 10.4. The summed E-state index contributed by atoms with van der Waals surface area (Å²) in [5.74, 6) is 0. The molecule has 0 heterocycles. The molecular weight excluding hydrogens is 194 g/mol. The molecule has 4 nitrogen and oxygen atoms in total. The third kappa shape index (κ3) is 7.19. The van der Waals surface area contributed by atoms with E-state index in [1.54, 1.807) is 0 Å². The van der Waals surface area contributed by atoms with Crippen LogP contribution in [0.2, 0.25) is 0 Å². The summed E-state index contributed by atoms with van der Waals surface area (Å²) in [4.78, 5) is 16.8. The number of hydrogen-bond acceptors (Lipinski definition) is 3.